The third kappa shape index (κ3) is 5.30. The van der Waals surface area contributed by atoms with E-state index in [1.165, 1.54) is 0 Å². The Kier molecular flexibility index (Phi) is 7.21. The van der Waals surface area contributed by atoms with Crippen LogP contribution in [0, 0.1) is 5.82 Å². The lowest BCUT2D eigenvalue weighted by Crippen LogP contribution is -2.38. The van der Waals surface area contributed by atoms with Gasteiger partial charge in [0.2, 0.25) is 0 Å². The van der Waals surface area contributed by atoms with Crippen molar-refractivity contribution in [2.24, 2.45) is 11.5 Å². The smallest absolute Gasteiger partial charge is 0.252 e. The van der Waals surface area contributed by atoms with Gasteiger partial charge in [-0.25, -0.2) is 9.37 Å². The predicted octanol–water partition coefficient (Wildman–Crippen LogP) is 3.67. The summed E-state index contributed by atoms with van der Waals surface area (Å²) in [6.07, 6.45) is 3.96. The van der Waals surface area contributed by atoms with Crippen LogP contribution in [0.15, 0.2) is 48.8 Å². The van der Waals surface area contributed by atoms with E-state index in [1.54, 1.807) is 19.5 Å². The number of halogens is 1. The molecule has 9 heteroatoms. The first kappa shape index (κ1) is 23.0. The predicted molar refractivity (Wildman–Crippen MR) is 124 cm³/mol. The Morgan fingerprint density at radius 1 is 1.16 bits per heavy atom. The van der Waals surface area contributed by atoms with Crippen LogP contribution < -0.4 is 26.8 Å². The highest BCUT2D eigenvalue weighted by Gasteiger charge is 2.19. The number of benzene rings is 1. The van der Waals surface area contributed by atoms with Crippen molar-refractivity contribution in [3.8, 4) is 16.9 Å². The second kappa shape index (κ2) is 10.1. The maximum atomic E-state index is 14.6. The second-order valence-corrected chi connectivity index (χ2v) is 7.41. The van der Waals surface area contributed by atoms with Gasteiger partial charge in [-0.1, -0.05) is 19.1 Å². The van der Waals surface area contributed by atoms with Gasteiger partial charge in [-0.05, 0) is 43.2 Å². The number of methoxy groups -OCH3 is 1. The minimum atomic E-state index is -0.802. The topological polar surface area (TPSA) is 128 Å². The Bertz CT molecular complexity index is 1090. The summed E-state index contributed by atoms with van der Waals surface area (Å²) in [6, 6.07) is 10.0. The van der Waals surface area contributed by atoms with Gasteiger partial charge < -0.3 is 26.8 Å². The van der Waals surface area contributed by atoms with Gasteiger partial charge in [-0.3, -0.25) is 9.78 Å². The molecule has 0 aliphatic carbocycles. The van der Waals surface area contributed by atoms with Gasteiger partial charge in [0.25, 0.3) is 5.91 Å². The number of aromatic nitrogens is 2. The molecule has 0 saturated carbocycles. The highest BCUT2D eigenvalue weighted by molar-refractivity contribution is 5.98. The van der Waals surface area contributed by atoms with E-state index in [1.807, 2.05) is 44.2 Å². The summed E-state index contributed by atoms with van der Waals surface area (Å²) in [5.41, 5.74) is 13.7. The number of hydrogen-bond donors (Lipinski definition) is 4. The molecule has 6 N–H and O–H groups in total. The lowest BCUT2D eigenvalue weighted by atomic mass is 10.1. The van der Waals surface area contributed by atoms with E-state index < -0.39 is 11.7 Å². The lowest BCUT2D eigenvalue weighted by molar-refractivity contribution is 0.100. The largest absolute Gasteiger partial charge is 0.497 e. The highest BCUT2D eigenvalue weighted by Crippen LogP contribution is 2.28. The average molecular weight is 439 g/mol. The Morgan fingerprint density at radius 2 is 1.88 bits per heavy atom. The molecule has 8 nitrogen and oxygen atoms in total. The van der Waals surface area contributed by atoms with Gasteiger partial charge in [-0.2, -0.15) is 0 Å². The molecule has 2 aromatic heterocycles. The first-order chi connectivity index (χ1) is 15.3. The average Bonchev–Trinajstić information content (AvgIpc) is 2.79. The number of primary amides is 1. The van der Waals surface area contributed by atoms with Gasteiger partial charge in [0.1, 0.15) is 11.6 Å². The molecule has 32 heavy (non-hydrogen) atoms. The van der Waals surface area contributed by atoms with Crippen LogP contribution in [-0.2, 0) is 0 Å². The number of nitrogens with one attached hydrogen (secondary N) is 2. The van der Waals surface area contributed by atoms with Crippen molar-refractivity contribution in [3.63, 3.8) is 0 Å². The van der Waals surface area contributed by atoms with Crippen molar-refractivity contribution >= 4 is 23.2 Å². The summed E-state index contributed by atoms with van der Waals surface area (Å²) < 4.78 is 19.8. The van der Waals surface area contributed by atoms with Crippen LogP contribution >= 0.6 is 0 Å². The molecule has 3 aromatic rings. The minimum Gasteiger partial charge on any atom is -0.497 e. The van der Waals surface area contributed by atoms with E-state index in [-0.39, 0.29) is 29.3 Å². The van der Waals surface area contributed by atoms with Crippen LogP contribution in [0.5, 0.6) is 5.75 Å². The van der Waals surface area contributed by atoms with Crippen molar-refractivity contribution in [1.82, 2.24) is 9.97 Å². The van der Waals surface area contributed by atoms with E-state index in [0.29, 0.717) is 12.1 Å². The second-order valence-electron chi connectivity index (χ2n) is 7.41. The molecule has 0 unspecified atom stereocenters. The van der Waals surface area contributed by atoms with Crippen molar-refractivity contribution in [2.75, 3.05) is 17.7 Å². The van der Waals surface area contributed by atoms with Crippen LogP contribution in [0.3, 0.4) is 0 Å². The molecule has 2 heterocycles. The molecule has 2 atom stereocenters. The first-order valence-electron chi connectivity index (χ1n) is 10.2. The van der Waals surface area contributed by atoms with Crippen molar-refractivity contribution in [2.45, 2.75) is 32.4 Å². The number of hydrogen-bond acceptors (Lipinski definition) is 7. The Morgan fingerprint density at radius 3 is 2.47 bits per heavy atom. The third-order valence-electron chi connectivity index (χ3n) is 5.06. The van der Waals surface area contributed by atoms with Crippen molar-refractivity contribution in [3.05, 3.63) is 60.2 Å². The summed E-state index contributed by atoms with van der Waals surface area (Å²) in [7, 11) is 1.60. The fourth-order valence-electron chi connectivity index (χ4n) is 3.24. The number of anilines is 3. The number of pyridine rings is 2. The number of carbonyl (C=O) groups is 1. The summed E-state index contributed by atoms with van der Waals surface area (Å²) in [4.78, 5) is 20.5. The Balaban J connectivity index is 1.94. The van der Waals surface area contributed by atoms with Crippen molar-refractivity contribution in [1.29, 1.82) is 0 Å². The zero-order valence-electron chi connectivity index (χ0n) is 18.2. The van der Waals surface area contributed by atoms with Gasteiger partial charge in [0.05, 0.1) is 24.6 Å². The molecular weight excluding hydrogens is 411 g/mol. The lowest BCUT2D eigenvalue weighted by Gasteiger charge is -2.22. The van der Waals surface area contributed by atoms with E-state index in [4.69, 9.17) is 16.2 Å². The minimum absolute atomic E-state index is 0.0130. The Labute approximate surface area is 186 Å². The van der Waals surface area contributed by atoms with Gasteiger partial charge in [0, 0.05) is 23.8 Å². The molecule has 0 spiro atoms. The molecule has 0 aliphatic rings. The summed E-state index contributed by atoms with van der Waals surface area (Å²) in [5.74, 6) is -0.636. The highest BCUT2D eigenvalue weighted by atomic mass is 19.1. The summed E-state index contributed by atoms with van der Waals surface area (Å²) >= 11 is 0. The fourth-order valence-corrected chi connectivity index (χ4v) is 3.24. The van der Waals surface area contributed by atoms with E-state index in [0.717, 1.165) is 22.9 Å². The molecular formula is C23H27FN6O2. The van der Waals surface area contributed by atoms with Gasteiger partial charge in [0.15, 0.2) is 11.6 Å². The number of rotatable bonds is 9. The summed E-state index contributed by atoms with van der Waals surface area (Å²) in [6.45, 7) is 3.76. The van der Waals surface area contributed by atoms with Crippen LogP contribution in [0.25, 0.3) is 11.1 Å². The maximum Gasteiger partial charge on any atom is 0.252 e. The van der Waals surface area contributed by atoms with E-state index in [2.05, 4.69) is 20.6 Å². The zero-order valence-corrected chi connectivity index (χ0v) is 18.2. The van der Waals surface area contributed by atoms with Crippen LogP contribution in [0.2, 0.25) is 0 Å². The fraction of sp³-hybridized carbons (Fsp3) is 0.261. The number of amides is 1. The molecule has 0 aliphatic heterocycles. The monoisotopic (exact) mass is 438 g/mol. The Hall–Kier alpha value is -3.72. The molecule has 0 saturated heterocycles. The number of nitrogens with zero attached hydrogens (tertiary/aromatic N) is 2. The molecule has 0 fully saturated rings. The molecule has 168 valence electrons. The summed E-state index contributed by atoms with van der Waals surface area (Å²) in [5, 5.41) is 6.04. The number of ether oxygens (including phenoxy) is 1. The standard InChI is InChI=1S/C23H27FN6O2/c1-4-20(13(2)25)29-23-19(24)10-18(21(26)31)22(30-23)28-16-9-15(11-27-12-16)14-5-7-17(32-3)8-6-14/h5-13,20H,4,25H2,1-3H3,(H2,26,31)(H2,28,29,30)/t13-,20+/m0/s1. The van der Waals surface area contributed by atoms with Crippen LogP contribution in [0.1, 0.15) is 30.6 Å². The first-order valence-corrected chi connectivity index (χ1v) is 10.2. The number of nitrogens with two attached hydrogens (primary N) is 2. The van der Waals surface area contributed by atoms with E-state index in [9.17, 15) is 9.18 Å². The van der Waals surface area contributed by atoms with Gasteiger partial charge in [-0.15, -0.1) is 0 Å². The van der Waals surface area contributed by atoms with Gasteiger partial charge >= 0.3 is 0 Å². The van der Waals surface area contributed by atoms with E-state index >= 15 is 0 Å². The third-order valence-corrected chi connectivity index (χ3v) is 5.06. The van der Waals surface area contributed by atoms with Crippen molar-refractivity contribution < 1.29 is 13.9 Å². The van der Waals surface area contributed by atoms with Crippen LogP contribution in [-0.4, -0.2) is 35.1 Å². The normalized spacial score (nSPS) is 12.7. The quantitative estimate of drug-likeness (QED) is 0.401. The molecule has 0 radical (unpaired) electrons. The zero-order chi connectivity index (χ0) is 23.3. The van der Waals surface area contributed by atoms with Crippen LogP contribution in [0.4, 0.5) is 21.7 Å². The number of carbonyl (C=O) groups excluding carboxylic acids is 1. The molecule has 0 bridgehead atoms. The SMILES string of the molecule is CC[C@@H](Nc1nc(Nc2cncc(-c3ccc(OC)cc3)c2)c(C(N)=O)cc1F)[C@H](C)N. The molecule has 1 aromatic carbocycles. The molecule has 1 amide bonds. The molecule has 3 rings (SSSR count). The maximum absolute atomic E-state index is 14.6.